The summed E-state index contributed by atoms with van der Waals surface area (Å²) in [7, 11) is 0. The smallest absolute Gasteiger partial charge is 0.483 e. The van der Waals surface area contributed by atoms with Crippen LogP contribution in [0.2, 0.25) is 0 Å². The zero-order chi connectivity index (χ0) is 30.4. The number of unbranched alkanes of at least 4 members (excludes halogenated alkanes) is 2. The lowest BCUT2D eigenvalue weighted by Gasteiger charge is -2.36. The fraction of sp³-hybridized carbons (Fsp3) is 0.394. The van der Waals surface area contributed by atoms with Crippen molar-refractivity contribution in [2.45, 2.75) is 58.5 Å². The SMILES string of the molecule is CCCCCC(=O)N1CCN(c2ccc3nc(C(C)Oc4ccccc4)n(Cc4ccc(OC(F)(F)F)cc4)c3c2)CC1. The van der Waals surface area contributed by atoms with Gasteiger partial charge in [-0.3, -0.25) is 4.79 Å². The monoisotopic (exact) mass is 594 g/mol. The summed E-state index contributed by atoms with van der Waals surface area (Å²) in [5.74, 6) is 1.38. The van der Waals surface area contributed by atoms with Crippen molar-refractivity contribution in [2.24, 2.45) is 0 Å². The van der Waals surface area contributed by atoms with E-state index in [-0.39, 0.29) is 11.7 Å². The van der Waals surface area contributed by atoms with Crippen LogP contribution in [0.1, 0.15) is 57.0 Å². The number of anilines is 1. The van der Waals surface area contributed by atoms with Gasteiger partial charge in [0.25, 0.3) is 0 Å². The average Bonchev–Trinajstić information content (AvgIpc) is 3.35. The van der Waals surface area contributed by atoms with Crippen LogP contribution in [0.25, 0.3) is 11.0 Å². The first-order valence-corrected chi connectivity index (χ1v) is 14.8. The number of aromatic nitrogens is 2. The first-order valence-electron chi connectivity index (χ1n) is 14.8. The molecule has 3 aromatic carbocycles. The summed E-state index contributed by atoms with van der Waals surface area (Å²) in [5.41, 5.74) is 3.51. The van der Waals surface area contributed by atoms with E-state index in [2.05, 4.69) is 27.2 Å². The number of benzene rings is 3. The van der Waals surface area contributed by atoms with Crippen molar-refractivity contribution in [1.82, 2.24) is 14.5 Å². The Morgan fingerprint density at radius 2 is 1.65 bits per heavy atom. The topological polar surface area (TPSA) is 59.8 Å². The number of imidazole rings is 1. The van der Waals surface area contributed by atoms with Gasteiger partial charge in [-0.1, -0.05) is 50.1 Å². The molecule has 1 unspecified atom stereocenters. The van der Waals surface area contributed by atoms with Crippen LogP contribution in [-0.4, -0.2) is 52.9 Å². The van der Waals surface area contributed by atoms with Gasteiger partial charge in [0, 0.05) is 44.8 Å². The van der Waals surface area contributed by atoms with Crippen LogP contribution in [0, 0.1) is 0 Å². The van der Waals surface area contributed by atoms with Crippen LogP contribution in [0.15, 0.2) is 72.8 Å². The highest BCUT2D eigenvalue weighted by atomic mass is 19.4. The van der Waals surface area contributed by atoms with Gasteiger partial charge in [0.2, 0.25) is 5.91 Å². The molecule has 4 aromatic rings. The molecule has 0 radical (unpaired) electrons. The van der Waals surface area contributed by atoms with Gasteiger partial charge in [0.1, 0.15) is 11.5 Å². The third-order valence-corrected chi connectivity index (χ3v) is 7.67. The molecule has 43 heavy (non-hydrogen) atoms. The summed E-state index contributed by atoms with van der Waals surface area (Å²) in [5, 5.41) is 0. The molecule has 228 valence electrons. The van der Waals surface area contributed by atoms with E-state index in [9.17, 15) is 18.0 Å². The number of alkyl halides is 3. The Kier molecular flexibility index (Phi) is 9.43. The number of carbonyl (C=O) groups is 1. The number of ether oxygens (including phenoxy) is 2. The van der Waals surface area contributed by atoms with Gasteiger partial charge in [-0.15, -0.1) is 13.2 Å². The van der Waals surface area contributed by atoms with Crippen LogP contribution < -0.4 is 14.4 Å². The van der Waals surface area contributed by atoms with Gasteiger partial charge >= 0.3 is 6.36 Å². The van der Waals surface area contributed by atoms with Gasteiger partial charge in [-0.2, -0.15) is 0 Å². The van der Waals surface area contributed by atoms with Gasteiger partial charge in [0.05, 0.1) is 11.0 Å². The summed E-state index contributed by atoms with van der Waals surface area (Å²) in [4.78, 5) is 21.8. The highest BCUT2D eigenvalue weighted by molar-refractivity contribution is 5.81. The molecule has 0 bridgehead atoms. The van der Waals surface area contributed by atoms with Crippen molar-refractivity contribution in [3.63, 3.8) is 0 Å². The molecule has 2 heterocycles. The van der Waals surface area contributed by atoms with E-state index in [0.29, 0.717) is 37.6 Å². The second-order valence-corrected chi connectivity index (χ2v) is 10.8. The van der Waals surface area contributed by atoms with Gasteiger partial charge in [-0.25, -0.2) is 4.98 Å². The van der Waals surface area contributed by atoms with Gasteiger partial charge in [-0.05, 0) is 61.4 Å². The number of carbonyl (C=O) groups excluding carboxylic acids is 1. The van der Waals surface area contributed by atoms with Crippen LogP contribution in [0.3, 0.4) is 0 Å². The number of halogens is 3. The molecule has 0 saturated carbocycles. The highest BCUT2D eigenvalue weighted by Crippen LogP contribution is 2.30. The Balaban J connectivity index is 1.40. The van der Waals surface area contributed by atoms with Crippen molar-refractivity contribution in [1.29, 1.82) is 0 Å². The molecule has 1 fully saturated rings. The van der Waals surface area contributed by atoms with E-state index in [1.165, 1.54) is 12.1 Å². The molecule has 1 saturated heterocycles. The maximum atomic E-state index is 12.7. The quantitative estimate of drug-likeness (QED) is 0.170. The molecule has 1 aliphatic heterocycles. The van der Waals surface area contributed by atoms with Crippen LogP contribution in [0.5, 0.6) is 11.5 Å². The van der Waals surface area contributed by atoms with Crippen molar-refractivity contribution in [2.75, 3.05) is 31.1 Å². The number of hydrogen-bond acceptors (Lipinski definition) is 5. The second kappa shape index (κ2) is 13.4. The molecule has 1 aromatic heterocycles. The summed E-state index contributed by atoms with van der Waals surface area (Å²) in [6.45, 7) is 7.28. The number of fused-ring (bicyclic) bond motifs is 1. The molecule has 1 aliphatic rings. The lowest BCUT2D eigenvalue weighted by molar-refractivity contribution is -0.274. The maximum absolute atomic E-state index is 12.7. The third kappa shape index (κ3) is 7.80. The minimum atomic E-state index is -4.75. The fourth-order valence-electron chi connectivity index (χ4n) is 5.44. The number of hydrogen-bond donors (Lipinski definition) is 0. The first kappa shape index (κ1) is 30.3. The fourth-order valence-corrected chi connectivity index (χ4v) is 5.44. The van der Waals surface area contributed by atoms with Crippen LogP contribution in [-0.2, 0) is 11.3 Å². The van der Waals surface area contributed by atoms with Crippen molar-refractivity contribution in [3.05, 3.63) is 84.2 Å². The van der Waals surface area contributed by atoms with Crippen LogP contribution in [0.4, 0.5) is 18.9 Å². The Hall–Kier alpha value is -4.21. The minimum absolute atomic E-state index is 0.227. The highest BCUT2D eigenvalue weighted by Gasteiger charge is 2.31. The largest absolute Gasteiger partial charge is 0.573 e. The van der Waals surface area contributed by atoms with Gasteiger partial charge < -0.3 is 23.8 Å². The second-order valence-electron chi connectivity index (χ2n) is 10.8. The Morgan fingerprint density at radius 1 is 0.930 bits per heavy atom. The average molecular weight is 595 g/mol. The minimum Gasteiger partial charge on any atom is -0.483 e. The van der Waals surface area contributed by atoms with Crippen molar-refractivity contribution < 1.29 is 27.4 Å². The molecule has 0 spiro atoms. The molecule has 7 nitrogen and oxygen atoms in total. The summed E-state index contributed by atoms with van der Waals surface area (Å²) >= 11 is 0. The van der Waals surface area contributed by atoms with E-state index < -0.39 is 12.5 Å². The number of nitrogens with zero attached hydrogens (tertiary/aromatic N) is 4. The molecule has 0 aliphatic carbocycles. The third-order valence-electron chi connectivity index (χ3n) is 7.67. The number of para-hydroxylation sites is 1. The first-order chi connectivity index (χ1) is 20.7. The Labute approximate surface area is 249 Å². The van der Waals surface area contributed by atoms with Gasteiger partial charge in [0.15, 0.2) is 11.9 Å². The van der Waals surface area contributed by atoms with E-state index in [1.807, 2.05) is 54.3 Å². The lowest BCUT2D eigenvalue weighted by atomic mass is 10.1. The maximum Gasteiger partial charge on any atom is 0.573 e. The van der Waals surface area contributed by atoms with Crippen molar-refractivity contribution in [3.8, 4) is 11.5 Å². The van der Waals surface area contributed by atoms with E-state index in [0.717, 1.165) is 54.6 Å². The summed E-state index contributed by atoms with van der Waals surface area (Å²) < 4.78 is 50.4. The zero-order valence-electron chi connectivity index (χ0n) is 24.5. The van der Waals surface area contributed by atoms with E-state index >= 15 is 0 Å². The zero-order valence-corrected chi connectivity index (χ0v) is 24.5. The molecule has 5 rings (SSSR count). The molecule has 1 amide bonds. The molecular weight excluding hydrogens is 557 g/mol. The van der Waals surface area contributed by atoms with E-state index in [1.54, 1.807) is 12.1 Å². The summed E-state index contributed by atoms with van der Waals surface area (Å²) in [6, 6.07) is 21.5. The van der Waals surface area contributed by atoms with Crippen molar-refractivity contribution >= 4 is 22.6 Å². The van der Waals surface area contributed by atoms with Crippen LogP contribution >= 0.6 is 0 Å². The number of rotatable bonds is 11. The van der Waals surface area contributed by atoms with E-state index in [4.69, 9.17) is 9.72 Å². The predicted octanol–water partition coefficient (Wildman–Crippen LogP) is 7.35. The lowest BCUT2D eigenvalue weighted by Crippen LogP contribution is -2.48. The molecule has 10 heteroatoms. The normalized spacial score (nSPS) is 14.6. The Bertz CT molecular complexity index is 1500. The molecular formula is C33H37F3N4O3. The number of amides is 1. The predicted molar refractivity (Wildman–Crippen MR) is 160 cm³/mol. The standard InChI is InChI=1S/C33H37F3N4O3/c1-3-4-6-11-31(41)39-20-18-38(19-21-39)26-14-17-29-30(22-26)40(23-25-12-15-28(16-13-25)43-33(34,35)36)32(37-29)24(2)42-27-9-7-5-8-10-27/h5,7-10,12-17,22,24H,3-4,6,11,18-21,23H2,1-2H3. The molecule has 1 atom stereocenters. The summed E-state index contributed by atoms with van der Waals surface area (Å²) in [6.07, 6.45) is -1.44. The number of piperazine rings is 1. The molecule has 0 N–H and O–H groups in total. The Morgan fingerprint density at radius 3 is 2.33 bits per heavy atom.